The number of alkyl halides is 1. The SMILES string of the molecule is CN1CCN2c3c(cccc31)C1CN(CCC(F)C(=O)c3ccc(F)cc3)CCC12. The van der Waals surface area contributed by atoms with Gasteiger partial charge in [0.1, 0.15) is 5.82 Å². The van der Waals surface area contributed by atoms with Gasteiger partial charge in [-0.3, -0.25) is 4.79 Å². The molecule has 2 aromatic rings. The van der Waals surface area contributed by atoms with E-state index in [1.807, 2.05) is 0 Å². The Morgan fingerprint density at radius 1 is 1.13 bits per heavy atom. The molecule has 3 heterocycles. The summed E-state index contributed by atoms with van der Waals surface area (Å²) < 4.78 is 27.6. The third-order valence-corrected chi connectivity index (χ3v) is 6.99. The largest absolute Gasteiger partial charge is 0.371 e. The monoisotopic (exact) mass is 411 g/mol. The topological polar surface area (TPSA) is 26.8 Å². The second-order valence-electron chi connectivity index (χ2n) is 8.72. The molecule has 0 spiro atoms. The Morgan fingerprint density at radius 3 is 2.73 bits per heavy atom. The van der Waals surface area contributed by atoms with Crippen molar-refractivity contribution in [2.24, 2.45) is 0 Å². The summed E-state index contributed by atoms with van der Waals surface area (Å²) >= 11 is 0. The number of hydrogen-bond donors (Lipinski definition) is 0. The van der Waals surface area contributed by atoms with Crippen molar-refractivity contribution in [2.45, 2.75) is 31.0 Å². The number of likely N-dealkylation sites (N-methyl/N-ethyl adjacent to an activating group) is 1. The van der Waals surface area contributed by atoms with E-state index in [-0.39, 0.29) is 12.0 Å². The number of ketones is 1. The Balaban J connectivity index is 1.25. The number of piperidine rings is 1. The number of benzene rings is 2. The van der Waals surface area contributed by atoms with Crippen LogP contribution >= 0.6 is 0 Å². The summed E-state index contributed by atoms with van der Waals surface area (Å²) in [4.78, 5) is 19.5. The molecule has 1 saturated heterocycles. The van der Waals surface area contributed by atoms with Crippen LogP contribution in [0.4, 0.5) is 20.2 Å². The number of para-hydroxylation sites is 1. The lowest BCUT2D eigenvalue weighted by molar-refractivity contribution is 0.0845. The van der Waals surface area contributed by atoms with Gasteiger partial charge in [-0.15, -0.1) is 0 Å². The fraction of sp³-hybridized carbons (Fsp3) is 0.458. The molecule has 0 amide bonds. The van der Waals surface area contributed by atoms with Crippen LogP contribution in [0.1, 0.15) is 34.7 Å². The van der Waals surface area contributed by atoms with Crippen LogP contribution in [0.5, 0.6) is 0 Å². The zero-order chi connectivity index (χ0) is 20.8. The van der Waals surface area contributed by atoms with Crippen molar-refractivity contribution >= 4 is 17.2 Å². The quantitative estimate of drug-likeness (QED) is 0.698. The molecule has 3 aliphatic heterocycles. The molecular weight excluding hydrogens is 384 g/mol. The average molecular weight is 411 g/mol. The van der Waals surface area contributed by atoms with Crippen LogP contribution in [-0.2, 0) is 0 Å². The van der Waals surface area contributed by atoms with Gasteiger partial charge in [-0.05, 0) is 48.7 Å². The second-order valence-corrected chi connectivity index (χ2v) is 8.72. The predicted molar refractivity (Wildman–Crippen MR) is 115 cm³/mol. The first-order valence-electron chi connectivity index (χ1n) is 10.8. The normalized spacial score (nSPS) is 23.8. The number of fused-ring (bicyclic) bond motifs is 3. The highest BCUT2D eigenvalue weighted by Gasteiger charge is 2.44. The number of nitrogens with zero attached hydrogens (tertiary/aromatic N) is 3. The molecule has 2 aromatic carbocycles. The Hall–Kier alpha value is -2.47. The predicted octanol–water partition coefficient (Wildman–Crippen LogP) is 3.86. The number of hydrogen-bond acceptors (Lipinski definition) is 4. The third kappa shape index (κ3) is 3.27. The summed E-state index contributed by atoms with van der Waals surface area (Å²) in [5.74, 6) is -0.541. The van der Waals surface area contributed by atoms with E-state index in [1.54, 1.807) is 0 Å². The first-order valence-corrected chi connectivity index (χ1v) is 10.8. The average Bonchev–Trinajstić information content (AvgIpc) is 3.09. The van der Waals surface area contributed by atoms with Gasteiger partial charge in [0.25, 0.3) is 0 Å². The Morgan fingerprint density at radius 2 is 1.93 bits per heavy atom. The van der Waals surface area contributed by atoms with E-state index in [9.17, 15) is 13.6 Å². The van der Waals surface area contributed by atoms with Crippen molar-refractivity contribution < 1.29 is 13.6 Å². The zero-order valence-electron chi connectivity index (χ0n) is 17.2. The molecule has 0 aliphatic carbocycles. The third-order valence-electron chi connectivity index (χ3n) is 6.99. The van der Waals surface area contributed by atoms with Crippen LogP contribution < -0.4 is 9.80 Å². The lowest BCUT2D eigenvalue weighted by Gasteiger charge is -2.41. The molecule has 1 fully saturated rings. The number of likely N-dealkylation sites (tertiary alicyclic amines) is 1. The maximum atomic E-state index is 14.6. The van der Waals surface area contributed by atoms with Gasteiger partial charge in [-0.2, -0.15) is 0 Å². The maximum Gasteiger partial charge on any atom is 0.196 e. The van der Waals surface area contributed by atoms with Gasteiger partial charge in [0.05, 0.1) is 11.4 Å². The molecule has 3 atom stereocenters. The molecular formula is C24H27F2N3O. The van der Waals surface area contributed by atoms with Crippen LogP contribution in [0.3, 0.4) is 0 Å². The molecule has 0 N–H and O–H groups in total. The van der Waals surface area contributed by atoms with Crippen molar-refractivity contribution in [1.29, 1.82) is 0 Å². The number of carbonyl (C=O) groups is 1. The molecule has 3 aliphatic rings. The molecule has 3 unspecified atom stereocenters. The van der Waals surface area contributed by atoms with E-state index in [2.05, 4.69) is 39.9 Å². The summed E-state index contributed by atoms with van der Waals surface area (Å²) in [6.45, 7) is 4.48. The smallest absolute Gasteiger partial charge is 0.196 e. The van der Waals surface area contributed by atoms with E-state index < -0.39 is 17.8 Å². The van der Waals surface area contributed by atoms with E-state index in [0.29, 0.717) is 18.5 Å². The summed E-state index contributed by atoms with van der Waals surface area (Å²) in [6, 6.07) is 12.2. The van der Waals surface area contributed by atoms with Crippen molar-refractivity contribution in [3.8, 4) is 0 Å². The Labute approximate surface area is 176 Å². The first kappa shape index (κ1) is 19.5. The van der Waals surface area contributed by atoms with Gasteiger partial charge in [0.15, 0.2) is 12.0 Å². The molecule has 30 heavy (non-hydrogen) atoms. The van der Waals surface area contributed by atoms with Gasteiger partial charge in [-0.25, -0.2) is 8.78 Å². The minimum atomic E-state index is -1.55. The zero-order valence-corrected chi connectivity index (χ0v) is 17.2. The summed E-state index contributed by atoms with van der Waals surface area (Å²) in [5, 5.41) is 0. The molecule has 0 bridgehead atoms. The molecule has 158 valence electrons. The van der Waals surface area contributed by atoms with Crippen molar-refractivity contribution in [3.63, 3.8) is 0 Å². The number of rotatable bonds is 5. The summed E-state index contributed by atoms with van der Waals surface area (Å²) in [6.07, 6.45) is -0.318. The van der Waals surface area contributed by atoms with Crippen LogP contribution in [0.25, 0.3) is 0 Å². The summed E-state index contributed by atoms with van der Waals surface area (Å²) in [7, 11) is 2.15. The van der Waals surface area contributed by atoms with Crippen LogP contribution in [0.2, 0.25) is 0 Å². The highest BCUT2D eigenvalue weighted by Crippen LogP contribution is 2.50. The fourth-order valence-electron chi connectivity index (χ4n) is 5.40. The molecule has 6 heteroatoms. The van der Waals surface area contributed by atoms with Crippen molar-refractivity contribution in [1.82, 2.24) is 4.90 Å². The van der Waals surface area contributed by atoms with E-state index in [0.717, 1.165) is 32.6 Å². The van der Waals surface area contributed by atoms with E-state index in [1.165, 1.54) is 41.2 Å². The number of Topliss-reactive ketones (excluding diaryl/α,β-unsaturated/α-hetero) is 1. The van der Waals surface area contributed by atoms with Crippen molar-refractivity contribution in [3.05, 3.63) is 59.4 Å². The minimum absolute atomic E-state index is 0.174. The number of halogens is 2. The Kier molecular flexibility index (Phi) is 4.97. The lowest BCUT2D eigenvalue weighted by Crippen LogP contribution is -2.49. The maximum absolute atomic E-state index is 14.6. The van der Waals surface area contributed by atoms with Gasteiger partial charge in [-0.1, -0.05) is 12.1 Å². The summed E-state index contributed by atoms with van der Waals surface area (Å²) in [5.41, 5.74) is 4.34. The molecule has 0 saturated carbocycles. The van der Waals surface area contributed by atoms with E-state index in [4.69, 9.17) is 0 Å². The lowest BCUT2D eigenvalue weighted by atomic mass is 9.89. The Bertz CT molecular complexity index is 948. The van der Waals surface area contributed by atoms with E-state index >= 15 is 0 Å². The van der Waals surface area contributed by atoms with Crippen molar-refractivity contribution in [2.75, 3.05) is 49.6 Å². The molecule has 5 rings (SSSR count). The van der Waals surface area contributed by atoms with Gasteiger partial charge in [0.2, 0.25) is 0 Å². The minimum Gasteiger partial charge on any atom is -0.371 e. The fourth-order valence-corrected chi connectivity index (χ4v) is 5.40. The van der Waals surface area contributed by atoms with Gasteiger partial charge < -0.3 is 14.7 Å². The van der Waals surface area contributed by atoms with Crippen LogP contribution in [0, 0.1) is 5.82 Å². The van der Waals surface area contributed by atoms with Gasteiger partial charge in [0, 0.05) is 57.3 Å². The van der Waals surface area contributed by atoms with Crippen LogP contribution in [-0.4, -0.2) is 62.7 Å². The molecule has 0 aromatic heterocycles. The first-order chi connectivity index (χ1) is 14.5. The van der Waals surface area contributed by atoms with Crippen LogP contribution in [0.15, 0.2) is 42.5 Å². The standard InChI is InChI=1S/C24H27F2N3O/c1-27-13-14-29-21-10-12-28(15-19(21)18-3-2-4-22(27)23(18)29)11-9-20(26)24(30)16-5-7-17(25)8-6-16/h2-8,19-21H,9-15H2,1H3. The highest BCUT2D eigenvalue weighted by atomic mass is 19.1. The second kappa shape index (κ2) is 7.65. The number of carbonyl (C=O) groups excluding carboxylic acids is 1. The molecule has 4 nitrogen and oxygen atoms in total. The number of anilines is 2. The highest BCUT2D eigenvalue weighted by molar-refractivity contribution is 5.99. The molecule has 0 radical (unpaired) electrons. The van der Waals surface area contributed by atoms with Gasteiger partial charge >= 0.3 is 0 Å².